The number of halogens is 1. The van der Waals surface area contributed by atoms with Crippen LogP contribution >= 0.6 is 11.6 Å². The smallest absolute Gasteiger partial charge is 0.119 e. The maximum atomic E-state index is 5.74. The molecule has 0 spiro atoms. The van der Waals surface area contributed by atoms with Crippen molar-refractivity contribution in [2.75, 3.05) is 13.0 Å². The number of aryl methyl sites for hydroxylation is 1. The van der Waals surface area contributed by atoms with E-state index in [9.17, 15) is 0 Å². The SMILES string of the molecule is COc1ccc2c(c1)[C@@H](CCCCl)CC2. The second-order valence-electron chi connectivity index (χ2n) is 4.13. The van der Waals surface area contributed by atoms with Gasteiger partial charge in [0.05, 0.1) is 7.11 Å². The molecule has 1 atom stereocenters. The molecular weight excluding hydrogens is 208 g/mol. The Hall–Kier alpha value is -0.690. The zero-order valence-corrected chi connectivity index (χ0v) is 9.89. The van der Waals surface area contributed by atoms with Crippen molar-refractivity contribution in [1.82, 2.24) is 0 Å². The standard InChI is InChI=1S/C13H17ClO/c1-15-12-7-6-11-5-4-10(3-2-8-14)13(11)9-12/h6-7,9-10H,2-5,8H2,1H3/t10-/m0/s1. The first kappa shape index (κ1) is 10.8. The molecule has 0 bridgehead atoms. The molecule has 0 aliphatic heterocycles. The lowest BCUT2D eigenvalue weighted by Crippen LogP contribution is -1.95. The van der Waals surface area contributed by atoms with E-state index in [2.05, 4.69) is 18.2 Å². The van der Waals surface area contributed by atoms with Crippen LogP contribution in [0.3, 0.4) is 0 Å². The molecule has 0 saturated heterocycles. The molecule has 1 aliphatic rings. The third kappa shape index (κ3) is 2.28. The summed E-state index contributed by atoms with van der Waals surface area (Å²) in [6.07, 6.45) is 4.82. The van der Waals surface area contributed by atoms with Gasteiger partial charge in [-0.15, -0.1) is 11.6 Å². The van der Waals surface area contributed by atoms with Gasteiger partial charge in [-0.2, -0.15) is 0 Å². The van der Waals surface area contributed by atoms with Gasteiger partial charge in [-0.25, -0.2) is 0 Å². The van der Waals surface area contributed by atoms with Crippen molar-refractivity contribution in [1.29, 1.82) is 0 Å². The van der Waals surface area contributed by atoms with Gasteiger partial charge in [0.25, 0.3) is 0 Å². The van der Waals surface area contributed by atoms with Crippen LogP contribution in [-0.2, 0) is 6.42 Å². The molecule has 1 aromatic carbocycles. The Bertz CT molecular complexity index is 335. The molecule has 0 heterocycles. The highest BCUT2D eigenvalue weighted by molar-refractivity contribution is 6.17. The van der Waals surface area contributed by atoms with Crippen LogP contribution in [0.25, 0.3) is 0 Å². The first-order valence-corrected chi connectivity index (χ1v) is 6.11. The van der Waals surface area contributed by atoms with Crippen molar-refractivity contribution < 1.29 is 4.74 Å². The molecule has 15 heavy (non-hydrogen) atoms. The van der Waals surface area contributed by atoms with Crippen molar-refractivity contribution >= 4 is 11.6 Å². The fourth-order valence-corrected chi connectivity index (χ4v) is 2.57. The van der Waals surface area contributed by atoms with E-state index in [1.54, 1.807) is 7.11 Å². The topological polar surface area (TPSA) is 9.23 Å². The van der Waals surface area contributed by atoms with Crippen LogP contribution in [0.4, 0.5) is 0 Å². The number of hydrogen-bond donors (Lipinski definition) is 0. The quantitative estimate of drug-likeness (QED) is 0.708. The molecule has 1 aromatic rings. The molecule has 0 unspecified atom stereocenters. The maximum Gasteiger partial charge on any atom is 0.119 e. The van der Waals surface area contributed by atoms with Gasteiger partial charge >= 0.3 is 0 Å². The van der Waals surface area contributed by atoms with E-state index >= 15 is 0 Å². The number of methoxy groups -OCH3 is 1. The first-order valence-electron chi connectivity index (χ1n) is 5.58. The second-order valence-corrected chi connectivity index (χ2v) is 4.51. The Balaban J connectivity index is 2.16. The third-order valence-corrected chi connectivity index (χ3v) is 3.51. The lowest BCUT2D eigenvalue weighted by Gasteiger charge is -2.11. The van der Waals surface area contributed by atoms with Crippen molar-refractivity contribution in [3.05, 3.63) is 29.3 Å². The molecule has 1 nitrogen and oxygen atoms in total. The number of hydrogen-bond acceptors (Lipinski definition) is 1. The van der Waals surface area contributed by atoms with Crippen molar-refractivity contribution in [2.45, 2.75) is 31.6 Å². The highest BCUT2D eigenvalue weighted by Gasteiger charge is 2.22. The number of rotatable bonds is 4. The fourth-order valence-electron chi connectivity index (χ4n) is 2.42. The van der Waals surface area contributed by atoms with Gasteiger partial charge in [0.15, 0.2) is 0 Å². The van der Waals surface area contributed by atoms with Gasteiger partial charge in [-0.3, -0.25) is 0 Å². The Kier molecular flexibility index (Phi) is 3.53. The fraction of sp³-hybridized carbons (Fsp3) is 0.538. The molecule has 2 rings (SSSR count). The van der Waals surface area contributed by atoms with Crippen LogP contribution in [0.1, 0.15) is 36.3 Å². The number of ether oxygens (including phenoxy) is 1. The number of benzene rings is 1. The average molecular weight is 225 g/mol. The van der Waals surface area contributed by atoms with Gasteiger partial charge in [-0.1, -0.05) is 6.07 Å². The Morgan fingerprint density at radius 1 is 1.47 bits per heavy atom. The summed E-state index contributed by atoms with van der Waals surface area (Å²) in [7, 11) is 1.73. The van der Waals surface area contributed by atoms with Crippen LogP contribution in [0.2, 0.25) is 0 Å². The van der Waals surface area contributed by atoms with E-state index in [1.165, 1.54) is 30.4 Å². The van der Waals surface area contributed by atoms with E-state index in [0.717, 1.165) is 18.1 Å². The van der Waals surface area contributed by atoms with Gasteiger partial charge < -0.3 is 4.74 Å². The summed E-state index contributed by atoms with van der Waals surface area (Å²) < 4.78 is 5.27. The van der Waals surface area contributed by atoms with E-state index in [4.69, 9.17) is 16.3 Å². The predicted molar refractivity (Wildman–Crippen MR) is 64.0 cm³/mol. The molecule has 2 heteroatoms. The molecule has 0 N–H and O–H groups in total. The zero-order valence-electron chi connectivity index (χ0n) is 9.13. The summed E-state index contributed by atoms with van der Waals surface area (Å²) in [5.74, 6) is 2.45. The molecule has 0 amide bonds. The van der Waals surface area contributed by atoms with Gasteiger partial charge in [-0.05, 0) is 54.9 Å². The van der Waals surface area contributed by atoms with Crippen LogP contribution in [-0.4, -0.2) is 13.0 Å². The summed E-state index contributed by atoms with van der Waals surface area (Å²) in [4.78, 5) is 0. The van der Waals surface area contributed by atoms with Crippen molar-refractivity contribution in [3.8, 4) is 5.75 Å². The van der Waals surface area contributed by atoms with Gasteiger partial charge in [0.1, 0.15) is 5.75 Å². The summed E-state index contributed by atoms with van der Waals surface area (Å²) in [6.45, 7) is 0. The third-order valence-electron chi connectivity index (χ3n) is 3.24. The van der Waals surface area contributed by atoms with Crippen molar-refractivity contribution in [2.24, 2.45) is 0 Å². The summed E-state index contributed by atoms with van der Waals surface area (Å²) >= 11 is 5.74. The highest BCUT2D eigenvalue weighted by Crippen LogP contribution is 2.38. The average Bonchev–Trinajstić information content (AvgIpc) is 2.68. The minimum atomic E-state index is 0.703. The van der Waals surface area contributed by atoms with Gasteiger partial charge in [0.2, 0.25) is 0 Å². The summed E-state index contributed by atoms with van der Waals surface area (Å²) in [5, 5.41) is 0. The van der Waals surface area contributed by atoms with E-state index in [-0.39, 0.29) is 0 Å². The molecule has 1 aliphatic carbocycles. The Morgan fingerprint density at radius 3 is 3.07 bits per heavy atom. The van der Waals surface area contributed by atoms with Crippen LogP contribution in [0.5, 0.6) is 5.75 Å². The number of alkyl halides is 1. The second kappa shape index (κ2) is 4.89. The molecule has 82 valence electrons. The van der Waals surface area contributed by atoms with E-state index in [1.807, 2.05) is 0 Å². The van der Waals surface area contributed by atoms with Crippen molar-refractivity contribution in [3.63, 3.8) is 0 Å². The van der Waals surface area contributed by atoms with E-state index < -0.39 is 0 Å². The Labute approximate surface area is 96.4 Å². The normalized spacial score (nSPS) is 18.9. The minimum Gasteiger partial charge on any atom is -0.497 e. The lowest BCUT2D eigenvalue weighted by molar-refractivity contribution is 0.414. The zero-order chi connectivity index (χ0) is 10.7. The van der Waals surface area contributed by atoms with Crippen LogP contribution in [0, 0.1) is 0 Å². The van der Waals surface area contributed by atoms with Crippen LogP contribution < -0.4 is 4.74 Å². The maximum absolute atomic E-state index is 5.74. The Morgan fingerprint density at radius 2 is 2.33 bits per heavy atom. The molecule has 0 radical (unpaired) electrons. The van der Waals surface area contributed by atoms with Gasteiger partial charge in [0, 0.05) is 5.88 Å². The lowest BCUT2D eigenvalue weighted by atomic mass is 9.96. The summed E-state index contributed by atoms with van der Waals surface area (Å²) in [6, 6.07) is 6.46. The highest BCUT2D eigenvalue weighted by atomic mass is 35.5. The minimum absolute atomic E-state index is 0.703. The molecule has 0 aromatic heterocycles. The van der Waals surface area contributed by atoms with E-state index in [0.29, 0.717) is 5.92 Å². The molecule has 0 fully saturated rings. The predicted octanol–water partition coefficient (Wildman–Crippen LogP) is 3.74. The van der Waals surface area contributed by atoms with Crippen LogP contribution in [0.15, 0.2) is 18.2 Å². The molecular formula is C13H17ClO. The monoisotopic (exact) mass is 224 g/mol. The first-order chi connectivity index (χ1) is 7.35. The largest absolute Gasteiger partial charge is 0.497 e. The number of fused-ring (bicyclic) bond motifs is 1. The molecule has 0 saturated carbocycles. The summed E-state index contributed by atoms with van der Waals surface area (Å²) in [5.41, 5.74) is 2.98.